The molecule has 192 valence electrons. The monoisotopic (exact) mass is 468 g/mol. The van der Waals surface area contributed by atoms with Crippen molar-refractivity contribution in [2.24, 2.45) is 11.3 Å². The van der Waals surface area contributed by atoms with Gasteiger partial charge in [-0.05, 0) is 25.2 Å². The van der Waals surface area contributed by atoms with E-state index in [0.29, 0.717) is 16.4 Å². The van der Waals surface area contributed by atoms with Crippen LogP contribution in [-0.2, 0) is 9.22 Å². The summed E-state index contributed by atoms with van der Waals surface area (Å²) in [4.78, 5) is 13.4. The van der Waals surface area contributed by atoms with Gasteiger partial charge in [-0.15, -0.1) is 0 Å². The fourth-order valence-electron chi connectivity index (χ4n) is 5.59. The highest BCUT2D eigenvalue weighted by Crippen LogP contribution is 2.44. The Hall–Kier alpha value is -0.313. The van der Waals surface area contributed by atoms with E-state index in [-0.39, 0.29) is 11.4 Å². The summed E-state index contributed by atoms with van der Waals surface area (Å²) in [6, 6.07) is 0. The lowest BCUT2D eigenvalue weighted by atomic mass is 9.65. The first-order chi connectivity index (χ1) is 15.6. The molecule has 0 bridgehead atoms. The second-order valence-electron chi connectivity index (χ2n) is 10.3. The maximum absolute atomic E-state index is 13.4. The van der Waals surface area contributed by atoms with E-state index in [9.17, 15) is 4.79 Å². The molecule has 0 aromatic carbocycles. The molecular weight excluding hydrogens is 408 g/mol. The molecule has 0 saturated heterocycles. The van der Waals surface area contributed by atoms with Crippen molar-refractivity contribution in [1.82, 2.24) is 0 Å². The van der Waals surface area contributed by atoms with Gasteiger partial charge >= 0.3 is 0 Å². The number of carbonyl (C=O) groups is 1. The largest absolute Gasteiger partial charge is 0.528 e. The summed E-state index contributed by atoms with van der Waals surface area (Å²) in [7, 11) is 0.531. The molecule has 0 radical (unpaired) electrons. The van der Waals surface area contributed by atoms with E-state index in [2.05, 4.69) is 27.7 Å². The van der Waals surface area contributed by atoms with Crippen molar-refractivity contribution in [1.29, 1.82) is 0 Å². The summed E-state index contributed by atoms with van der Waals surface area (Å²) >= 11 is 0. The Morgan fingerprint density at radius 2 is 1.00 bits per heavy atom. The van der Waals surface area contributed by atoms with E-state index in [0.717, 1.165) is 19.3 Å². The van der Waals surface area contributed by atoms with Crippen molar-refractivity contribution in [3.8, 4) is 0 Å². The number of unbranched alkanes of at least 4 members (excludes halogenated alkanes) is 15. The average molecular weight is 469 g/mol. The Bertz CT molecular complexity index is 394. The summed E-state index contributed by atoms with van der Waals surface area (Å²) in [5.41, 5.74) is -0.213. The quantitative estimate of drug-likeness (QED) is 0.104. The second kappa shape index (κ2) is 22.5. The summed E-state index contributed by atoms with van der Waals surface area (Å²) in [6.45, 7) is 9.16. The number of hydrogen-bond acceptors (Lipinski definition) is 2. The third-order valence-electron chi connectivity index (χ3n) is 7.73. The third kappa shape index (κ3) is 14.1. The van der Waals surface area contributed by atoms with Crippen LogP contribution in [0.4, 0.5) is 0 Å². The molecule has 0 amide bonds. The van der Waals surface area contributed by atoms with Crippen LogP contribution in [-0.4, -0.2) is 16.5 Å². The van der Waals surface area contributed by atoms with E-state index < -0.39 is 0 Å². The van der Waals surface area contributed by atoms with Gasteiger partial charge < -0.3 is 4.43 Å². The lowest BCUT2D eigenvalue weighted by Gasteiger charge is -2.39. The van der Waals surface area contributed by atoms with Gasteiger partial charge in [-0.1, -0.05) is 150 Å². The molecule has 0 spiro atoms. The van der Waals surface area contributed by atoms with Crippen LogP contribution in [0.5, 0.6) is 0 Å². The Labute approximate surface area is 206 Å². The fraction of sp³-hybridized carbons (Fsp3) is 0.966. The van der Waals surface area contributed by atoms with E-state index in [1.54, 1.807) is 0 Å². The predicted molar refractivity (Wildman–Crippen MR) is 146 cm³/mol. The lowest BCUT2D eigenvalue weighted by Crippen LogP contribution is -2.40. The highest BCUT2D eigenvalue weighted by atomic mass is 28.2. The van der Waals surface area contributed by atoms with Crippen molar-refractivity contribution in [3.63, 3.8) is 0 Å². The topological polar surface area (TPSA) is 26.3 Å². The molecule has 2 nitrogen and oxygen atoms in total. The summed E-state index contributed by atoms with van der Waals surface area (Å²) in [5.74, 6) is 0.658. The molecule has 0 aromatic rings. The smallest absolute Gasteiger partial charge is 0.298 e. The van der Waals surface area contributed by atoms with E-state index in [1.165, 1.54) is 122 Å². The van der Waals surface area contributed by atoms with Gasteiger partial charge in [-0.3, -0.25) is 4.79 Å². The standard InChI is InChI=1S/C29H60O2Si/c1-5-9-12-15-18-21-24-27(8-4)29(28(30)31-32,25-22-19-16-13-10-6-2)26-23-20-17-14-11-7-3/h27H,5-26H2,1-4,32H3. The van der Waals surface area contributed by atoms with Crippen molar-refractivity contribution >= 4 is 16.5 Å². The molecule has 0 aliphatic heterocycles. The van der Waals surface area contributed by atoms with Crippen LogP contribution >= 0.6 is 0 Å². The molecule has 0 heterocycles. The van der Waals surface area contributed by atoms with Crippen LogP contribution in [0.2, 0.25) is 0 Å². The average Bonchev–Trinajstić information content (AvgIpc) is 2.81. The Morgan fingerprint density at radius 1 is 0.625 bits per heavy atom. The van der Waals surface area contributed by atoms with Crippen LogP contribution in [0.15, 0.2) is 0 Å². The van der Waals surface area contributed by atoms with Gasteiger partial charge in [0.25, 0.3) is 5.97 Å². The molecule has 0 fully saturated rings. The Kier molecular flexibility index (Phi) is 22.3. The molecule has 1 atom stereocenters. The van der Waals surface area contributed by atoms with Gasteiger partial charge in [0, 0.05) is 0 Å². The molecule has 0 aromatic heterocycles. The van der Waals surface area contributed by atoms with Crippen molar-refractivity contribution in [3.05, 3.63) is 0 Å². The molecule has 32 heavy (non-hydrogen) atoms. The van der Waals surface area contributed by atoms with E-state index in [4.69, 9.17) is 4.43 Å². The lowest BCUT2D eigenvalue weighted by molar-refractivity contribution is -0.151. The molecule has 0 saturated carbocycles. The van der Waals surface area contributed by atoms with E-state index in [1.807, 2.05) is 0 Å². The molecular formula is C29H60O2Si. The van der Waals surface area contributed by atoms with Gasteiger partial charge in [0.15, 0.2) is 0 Å². The minimum atomic E-state index is -0.213. The third-order valence-corrected chi connectivity index (χ3v) is 8.10. The van der Waals surface area contributed by atoms with Crippen LogP contribution in [0.3, 0.4) is 0 Å². The maximum atomic E-state index is 13.4. The minimum absolute atomic E-state index is 0.157. The molecule has 1 unspecified atom stereocenters. The summed E-state index contributed by atoms with van der Waals surface area (Å²) in [5, 5.41) is 0. The molecule has 0 aliphatic rings. The van der Waals surface area contributed by atoms with Gasteiger partial charge in [-0.25, -0.2) is 0 Å². The van der Waals surface area contributed by atoms with Crippen molar-refractivity contribution in [2.75, 3.05) is 0 Å². The van der Waals surface area contributed by atoms with Crippen LogP contribution in [0, 0.1) is 11.3 Å². The first-order valence-corrected chi connectivity index (χ1v) is 15.5. The van der Waals surface area contributed by atoms with E-state index >= 15 is 0 Å². The zero-order valence-corrected chi connectivity index (χ0v) is 25.0. The van der Waals surface area contributed by atoms with Crippen molar-refractivity contribution in [2.45, 2.75) is 169 Å². The van der Waals surface area contributed by atoms with Gasteiger partial charge in [0.05, 0.1) is 5.41 Å². The second-order valence-corrected chi connectivity index (χ2v) is 10.8. The SMILES string of the molecule is CCCCCCCCC(CC)C(CCCCCCCC)(CCCCCCCC)C(=O)O[SiH3]. The van der Waals surface area contributed by atoms with Crippen LogP contribution < -0.4 is 0 Å². The summed E-state index contributed by atoms with van der Waals surface area (Å²) in [6.07, 6.45) is 28.1. The Balaban J connectivity index is 5.06. The normalized spacial score (nSPS) is 12.9. The van der Waals surface area contributed by atoms with Gasteiger partial charge in [-0.2, -0.15) is 0 Å². The first-order valence-electron chi connectivity index (χ1n) is 14.7. The predicted octanol–water partition coefficient (Wildman–Crippen LogP) is 9.07. The zero-order valence-electron chi connectivity index (χ0n) is 23.0. The maximum Gasteiger partial charge on any atom is 0.298 e. The van der Waals surface area contributed by atoms with Crippen molar-refractivity contribution < 1.29 is 9.22 Å². The molecule has 3 heteroatoms. The highest BCUT2D eigenvalue weighted by Gasteiger charge is 2.43. The summed E-state index contributed by atoms with van der Waals surface area (Å²) < 4.78 is 5.65. The van der Waals surface area contributed by atoms with Crippen LogP contribution in [0.1, 0.15) is 169 Å². The van der Waals surface area contributed by atoms with Gasteiger partial charge in [0.2, 0.25) is 10.5 Å². The number of rotatable bonds is 24. The number of hydrogen-bond donors (Lipinski definition) is 0. The zero-order chi connectivity index (χ0) is 23.9. The fourth-order valence-corrected chi connectivity index (χ4v) is 6.00. The molecule has 0 rings (SSSR count). The van der Waals surface area contributed by atoms with Crippen LogP contribution in [0.25, 0.3) is 0 Å². The Morgan fingerprint density at radius 3 is 1.38 bits per heavy atom. The molecule has 0 N–H and O–H groups in total. The number of carbonyl (C=O) groups excluding carboxylic acids is 1. The molecule has 0 aliphatic carbocycles. The minimum Gasteiger partial charge on any atom is -0.528 e. The first kappa shape index (κ1) is 31.7. The van der Waals surface area contributed by atoms with Gasteiger partial charge in [0.1, 0.15) is 0 Å². The highest BCUT2D eigenvalue weighted by molar-refractivity contribution is 6.06.